The Morgan fingerprint density at radius 1 is 1.33 bits per heavy atom. The van der Waals surface area contributed by atoms with Crippen molar-refractivity contribution in [2.45, 2.75) is 6.92 Å². The number of amides is 3. The predicted molar refractivity (Wildman–Crippen MR) is 81.4 cm³/mol. The first-order chi connectivity index (χ1) is 9.88. The molecular weight excluding hydrogens is 342 g/mol. The highest BCUT2D eigenvalue weighted by molar-refractivity contribution is 9.10. The first kappa shape index (κ1) is 17.0. The molecule has 0 aliphatic carbocycles. The lowest BCUT2D eigenvalue weighted by Crippen LogP contribution is -2.41. The van der Waals surface area contributed by atoms with Gasteiger partial charge in [-0.1, -0.05) is 0 Å². The standard InChI is InChI=1S/C13H16BrN3O4/c1-3-17(7-11(18)15-2)13(21)16-10-6-8(12(19)20)4-5-9(10)14/h4-6H,3,7H2,1-2H3,(H,15,18)(H,16,21)(H,19,20). The highest BCUT2D eigenvalue weighted by Crippen LogP contribution is 2.24. The van der Waals surface area contributed by atoms with Crippen LogP contribution in [0.2, 0.25) is 0 Å². The minimum Gasteiger partial charge on any atom is -0.478 e. The van der Waals surface area contributed by atoms with Gasteiger partial charge in [0, 0.05) is 18.1 Å². The lowest BCUT2D eigenvalue weighted by atomic mass is 10.2. The van der Waals surface area contributed by atoms with E-state index in [1.807, 2.05) is 0 Å². The molecule has 8 heteroatoms. The monoisotopic (exact) mass is 357 g/mol. The number of anilines is 1. The zero-order valence-corrected chi connectivity index (χ0v) is 13.2. The van der Waals surface area contributed by atoms with Gasteiger partial charge in [-0.05, 0) is 41.1 Å². The summed E-state index contributed by atoms with van der Waals surface area (Å²) in [5.41, 5.74) is 0.387. The average molecular weight is 358 g/mol. The Hall–Kier alpha value is -2.09. The molecule has 0 saturated heterocycles. The number of nitrogens with zero attached hydrogens (tertiary/aromatic N) is 1. The maximum atomic E-state index is 12.1. The van der Waals surface area contributed by atoms with E-state index >= 15 is 0 Å². The van der Waals surface area contributed by atoms with Crippen molar-refractivity contribution < 1.29 is 19.5 Å². The van der Waals surface area contributed by atoms with Gasteiger partial charge in [0.2, 0.25) is 5.91 Å². The van der Waals surface area contributed by atoms with E-state index in [9.17, 15) is 14.4 Å². The molecule has 7 nitrogen and oxygen atoms in total. The number of aromatic carboxylic acids is 1. The molecule has 0 atom stereocenters. The van der Waals surface area contributed by atoms with Crippen molar-refractivity contribution in [3.8, 4) is 0 Å². The Morgan fingerprint density at radius 3 is 2.52 bits per heavy atom. The zero-order chi connectivity index (χ0) is 16.0. The van der Waals surface area contributed by atoms with Gasteiger partial charge in [-0.3, -0.25) is 4.79 Å². The molecule has 0 saturated carbocycles. The first-order valence-corrected chi connectivity index (χ1v) is 6.97. The second-order valence-electron chi connectivity index (χ2n) is 4.12. The summed E-state index contributed by atoms with van der Waals surface area (Å²) in [6.07, 6.45) is 0. The number of likely N-dealkylation sites (N-methyl/N-ethyl adjacent to an activating group) is 2. The molecule has 0 aliphatic rings. The number of carbonyl (C=O) groups excluding carboxylic acids is 2. The van der Waals surface area contributed by atoms with Gasteiger partial charge in [-0.2, -0.15) is 0 Å². The van der Waals surface area contributed by atoms with Crippen LogP contribution in [0.1, 0.15) is 17.3 Å². The largest absolute Gasteiger partial charge is 0.478 e. The summed E-state index contributed by atoms with van der Waals surface area (Å²) in [5, 5.41) is 14.0. The number of halogens is 1. The number of nitrogens with one attached hydrogen (secondary N) is 2. The molecule has 0 bridgehead atoms. The van der Waals surface area contributed by atoms with Crippen molar-refractivity contribution >= 4 is 39.5 Å². The molecule has 0 heterocycles. The fraction of sp³-hybridized carbons (Fsp3) is 0.308. The van der Waals surface area contributed by atoms with Crippen LogP contribution in [0, 0.1) is 0 Å². The number of rotatable bonds is 5. The van der Waals surface area contributed by atoms with Crippen molar-refractivity contribution in [3.05, 3.63) is 28.2 Å². The molecular formula is C13H16BrN3O4. The molecule has 0 fully saturated rings. The van der Waals surface area contributed by atoms with Gasteiger partial charge in [-0.15, -0.1) is 0 Å². The lowest BCUT2D eigenvalue weighted by Gasteiger charge is -2.21. The number of urea groups is 1. The third kappa shape index (κ3) is 4.75. The van der Waals surface area contributed by atoms with E-state index in [1.54, 1.807) is 6.92 Å². The third-order valence-corrected chi connectivity index (χ3v) is 3.43. The topological polar surface area (TPSA) is 98.7 Å². The number of hydrogen-bond donors (Lipinski definition) is 3. The summed E-state index contributed by atoms with van der Waals surface area (Å²) in [6, 6.07) is 3.82. The van der Waals surface area contributed by atoms with Crippen LogP contribution in [0.3, 0.4) is 0 Å². The molecule has 114 valence electrons. The summed E-state index contributed by atoms with van der Waals surface area (Å²) in [7, 11) is 1.49. The Morgan fingerprint density at radius 2 is 2.00 bits per heavy atom. The van der Waals surface area contributed by atoms with Gasteiger partial charge in [0.05, 0.1) is 11.3 Å². The van der Waals surface area contributed by atoms with E-state index < -0.39 is 12.0 Å². The van der Waals surface area contributed by atoms with Crippen molar-refractivity contribution in [1.82, 2.24) is 10.2 Å². The number of carboxylic acids is 1. The molecule has 0 unspecified atom stereocenters. The minimum atomic E-state index is -1.09. The summed E-state index contributed by atoms with van der Waals surface area (Å²) in [4.78, 5) is 35.7. The number of hydrogen-bond acceptors (Lipinski definition) is 3. The Kier molecular flexibility index (Phi) is 6.16. The fourth-order valence-electron chi connectivity index (χ4n) is 1.53. The van der Waals surface area contributed by atoms with Gasteiger partial charge in [-0.25, -0.2) is 9.59 Å². The van der Waals surface area contributed by atoms with Gasteiger partial charge < -0.3 is 20.6 Å². The van der Waals surface area contributed by atoms with Crippen LogP contribution < -0.4 is 10.6 Å². The first-order valence-electron chi connectivity index (χ1n) is 6.18. The van der Waals surface area contributed by atoms with Crippen LogP contribution >= 0.6 is 15.9 Å². The van der Waals surface area contributed by atoms with E-state index in [-0.39, 0.29) is 18.0 Å². The van der Waals surface area contributed by atoms with E-state index in [0.717, 1.165) is 0 Å². The summed E-state index contributed by atoms with van der Waals surface area (Å²) < 4.78 is 0.553. The smallest absolute Gasteiger partial charge is 0.335 e. The highest BCUT2D eigenvalue weighted by atomic mass is 79.9. The van der Waals surface area contributed by atoms with Crippen LogP contribution in [0.25, 0.3) is 0 Å². The summed E-state index contributed by atoms with van der Waals surface area (Å²) in [5.74, 6) is -1.37. The number of carbonyl (C=O) groups is 3. The van der Waals surface area contributed by atoms with Crippen LogP contribution in [-0.4, -0.2) is 48.1 Å². The van der Waals surface area contributed by atoms with Gasteiger partial charge >= 0.3 is 12.0 Å². The van der Waals surface area contributed by atoms with Gasteiger partial charge in [0.15, 0.2) is 0 Å². The van der Waals surface area contributed by atoms with Crippen molar-refractivity contribution in [1.29, 1.82) is 0 Å². The molecule has 3 amide bonds. The lowest BCUT2D eigenvalue weighted by molar-refractivity contribution is -0.121. The van der Waals surface area contributed by atoms with E-state index in [1.165, 1.54) is 30.1 Å². The zero-order valence-electron chi connectivity index (χ0n) is 11.6. The quantitative estimate of drug-likeness (QED) is 0.747. The third-order valence-electron chi connectivity index (χ3n) is 2.74. The molecule has 1 rings (SSSR count). The van der Waals surface area contributed by atoms with Crippen LogP contribution in [0.5, 0.6) is 0 Å². The summed E-state index contributed by atoms with van der Waals surface area (Å²) >= 11 is 3.24. The maximum absolute atomic E-state index is 12.1. The second kappa shape index (κ2) is 7.63. The Bertz CT molecular complexity index is 562. The molecule has 0 aliphatic heterocycles. The molecule has 1 aromatic rings. The van der Waals surface area contributed by atoms with Gasteiger partial charge in [0.1, 0.15) is 6.54 Å². The van der Waals surface area contributed by atoms with E-state index in [2.05, 4.69) is 26.6 Å². The molecule has 3 N–H and O–H groups in total. The van der Waals surface area contributed by atoms with E-state index in [4.69, 9.17) is 5.11 Å². The molecule has 0 aromatic heterocycles. The van der Waals surface area contributed by atoms with Crippen LogP contribution in [0.4, 0.5) is 10.5 Å². The normalized spacial score (nSPS) is 9.86. The van der Waals surface area contributed by atoms with Crippen molar-refractivity contribution in [3.63, 3.8) is 0 Å². The van der Waals surface area contributed by atoms with E-state index in [0.29, 0.717) is 16.7 Å². The average Bonchev–Trinajstić information content (AvgIpc) is 2.46. The second-order valence-corrected chi connectivity index (χ2v) is 4.97. The van der Waals surface area contributed by atoms with Gasteiger partial charge in [0.25, 0.3) is 0 Å². The Balaban J connectivity index is 2.88. The predicted octanol–water partition coefficient (Wildman–Crippen LogP) is 1.75. The van der Waals surface area contributed by atoms with Crippen LogP contribution in [-0.2, 0) is 4.79 Å². The SMILES string of the molecule is CCN(CC(=O)NC)C(=O)Nc1cc(C(=O)O)ccc1Br. The van der Waals surface area contributed by atoms with Crippen LogP contribution in [0.15, 0.2) is 22.7 Å². The molecule has 21 heavy (non-hydrogen) atoms. The molecule has 0 radical (unpaired) electrons. The highest BCUT2D eigenvalue weighted by Gasteiger charge is 2.16. The minimum absolute atomic E-state index is 0.0582. The maximum Gasteiger partial charge on any atom is 0.335 e. The van der Waals surface area contributed by atoms with Crippen molar-refractivity contribution in [2.75, 3.05) is 25.5 Å². The fourth-order valence-corrected chi connectivity index (χ4v) is 1.87. The van der Waals surface area contributed by atoms with Crippen molar-refractivity contribution in [2.24, 2.45) is 0 Å². The summed E-state index contributed by atoms with van der Waals surface area (Å²) in [6.45, 7) is 2.01. The molecule has 0 spiro atoms. The number of benzene rings is 1. The molecule has 1 aromatic carbocycles. The Labute approximate surface area is 130 Å². The number of carboxylic acid groups (broad SMARTS) is 1.